The fourth-order valence-corrected chi connectivity index (χ4v) is 2.71. The van der Waals surface area contributed by atoms with Crippen LogP contribution >= 0.6 is 0 Å². The Bertz CT molecular complexity index is 662. The van der Waals surface area contributed by atoms with Crippen LogP contribution in [-0.4, -0.2) is 47.8 Å². The normalized spacial score (nSPS) is 14.4. The molecule has 0 aliphatic carbocycles. The zero-order chi connectivity index (χ0) is 18.2. The van der Waals surface area contributed by atoms with E-state index >= 15 is 0 Å². The first-order valence-corrected chi connectivity index (χ1v) is 8.76. The highest BCUT2D eigenvalue weighted by atomic mass is 15.3. The van der Waals surface area contributed by atoms with Gasteiger partial charge >= 0.3 is 0 Å². The number of aliphatic imine (C=N–C) groups is 1. The van der Waals surface area contributed by atoms with Crippen LogP contribution in [-0.2, 0) is 7.05 Å². The molecule has 0 spiro atoms. The van der Waals surface area contributed by atoms with Crippen molar-refractivity contribution < 1.29 is 0 Å². The molecule has 2 unspecified atom stereocenters. The number of hydrogen-bond acceptors (Lipinski definition) is 3. The average Bonchev–Trinajstić information content (AvgIpc) is 3.01. The van der Waals surface area contributed by atoms with E-state index in [4.69, 9.17) is 4.99 Å². The molecule has 0 fully saturated rings. The van der Waals surface area contributed by atoms with Gasteiger partial charge in [-0.2, -0.15) is 5.10 Å². The van der Waals surface area contributed by atoms with Gasteiger partial charge in [-0.05, 0) is 33.5 Å². The second-order valence-electron chi connectivity index (χ2n) is 6.42. The van der Waals surface area contributed by atoms with E-state index in [9.17, 15) is 0 Å². The zero-order valence-electron chi connectivity index (χ0n) is 15.9. The fourth-order valence-electron chi connectivity index (χ4n) is 2.71. The van der Waals surface area contributed by atoms with Gasteiger partial charge in [0, 0.05) is 25.4 Å². The maximum atomic E-state index is 4.80. The molecule has 1 aromatic carbocycles. The molecule has 2 rings (SSSR count). The van der Waals surface area contributed by atoms with Gasteiger partial charge in [0.25, 0.3) is 0 Å². The number of aromatic nitrogens is 2. The molecule has 0 saturated heterocycles. The van der Waals surface area contributed by atoms with Gasteiger partial charge in [-0.1, -0.05) is 30.3 Å². The fraction of sp³-hybridized carbons (Fsp3) is 0.474. The molecule has 0 bridgehead atoms. The predicted molar refractivity (Wildman–Crippen MR) is 104 cm³/mol. The van der Waals surface area contributed by atoms with Gasteiger partial charge in [-0.3, -0.25) is 9.67 Å². The number of guanidine groups is 1. The molecule has 136 valence electrons. The smallest absolute Gasteiger partial charge is 0.191 e. The average molecular weight is 342 g/mol. The molecule has 1 aromatic heterocycles. The standard InChI is InChI=1S/C19H30N6/c1-6-20-19(23-15(2)16-10-8-7-9-11-16)21-13-18(24(3)4)17-12-22-25(5)14-17/h7-12,14-15,18H,6,13H2,1-5H3,(H2,20,21,23). The number of aryl methyl sites for hydroxylation is 1. The summed E-state index contributed by atoms with van der Waals surface area (Å²) in [5.41, 5.74) is 2.41. The second kappa shape index (κ2) is 9.22. The summed E-state index contributed by atoms with van der Waals surface area (Å²) >= 11 is 0. The molecule has 2 N–H and O–H groups in total. The van der Waals surface area contributed by atoms with Crippen LogP contribution in [0.5, 0.6) is 0 Å². The molecule has 0 radical (unpaired) electrons. The molecule has 1 heterocycles. The molecule has 2 atom stereocenters. The van der Waals surface area contributed by atoms with Crippen molar-refractivity contribution in [3.05, 3.63) is 53.9 Å². The van der Waals surface area contributed by atoms with Crippen LogP contribution in [0.15, 0.2) is 47.7 Å². The summed E-state index contributed by atoms with van der Waals surface area (Å²) in [4.78, 5) is 6.97. The first-order valence-electron chi connectivity index (χ1n) is 8.76. The molecule has 0 aliphatic rings. The quantitative estimate of drug-likeness (QED) is 0.599. The van der Waals surface area contributed by atoms with E-state index in [1.165, 1.54) is 11.1 Å². The molecule has 0 saturated carbocycles. The SMILES string of the molecule is CCNC(=NCC(c1cnn(C)c1)N(C)C)NC(C)c1ccccc1. The summed E-state index contributed by atoms with van der Waals surface area (Å²) in [5.74, 6) is 0.828. The van der Waals surface area contributed by atoms with Crippen molar-refractivity contribution in [2.24, 2.45) is 12.0 Å². The Morgan fingerprint density at radius 2 is 1.96 bits per heavy atom. The highest BCUT2D eigenvalue weighted by molar-refractivity contribution is 5.80. The van der Waals surface area contributed by atoms with E-state index in [-0.39, 0.29) is 12.1 Å². The van der Waals surface area contributed by atoms with Gasteiger partial charge < -0.3 is 15.5 Å². The number of nitrogens with one attached hydrogen (secondary N) is 2. The number of likely N-dealkylation sites (N-methyl/N-ethyl adjacent to an activating group) is 1. The highest BCUT2D eigenvalue weighted by Crippen LogP contribution is 2.18. The molecule has 6 heteroatoms. The Kier molecular flexibility index (Phi) is 7.01. The van der Waals surface area contributed by atoms with Gasteiger partial charge in [-0.15, -0.1) is 0 Å². The highest BCUT2D eigenvalue weighted by Gasteiger charge is 2.16. The molecular formula is C19H30N6. The van der Waals surface area contributed by atoms with E-state index in [0.29, 0.717) is 6.54 Å². The Labute approximate surface area is 151 Å². The number of hydrogen-bond donors (Lipinski definition) is 2. The largest absolute Gasteiger partial charge is 0.357 e. The van der Waals surface area contributed by atoms with Gasteiger partial charge in [0.05, 0.1) is 24.8 Å². The van der Waals surface area contributed by atoms with Crippen molar-refractivity contribution in [1.29, 1.82) is 0 Å². The van der Waals surface area contributed by atoms with Crippen LogP contribution in [0.25, 0.3) is 0 Å². The summed E-state index contributed by atoms with van der Waals surface area (Å²) in [6, 6.07) is 10.8. The molecule has 2 aromatic rings. The van der Waals surface area contributed by atoms with Crippen LogP contribution in [0.1, 0.15) is 37.1 Å². The third-order valence-electron chi connectivity index (χ3n) is 4.15. The molecule has 0 amide bonds. The van der Waals surface area contributed by atoms with Crippen molar-refractivity contribution in [3.8, 4) is 0 Å². The van der Waals surface area contributed by atoms with Crippen molar-refractivity contribution in [3.63, 3.8) is 0 Å². The summed E-state index contributed by atoms with van der Waals surface area (Å²) in [6.45, 7) is 5.71. The minimum atomic E-state index is 0.190. The molecule has 25 heavy (non-hydrogen) atoms. The lowest BCUT2D eigenvalue weighted by atomic mass is 10.1. The molecule has 0 aliphatic heterocycles. The van der Waals surface area contributed by atoms with Crippen LogP contribution in [0, 0.1) is 0 Å². The minimum absolute atomic E-state index is 0.190. The Balaban J connectivity index is 2.09. The summed E-state index contributed by atoms with van der Waals surface area (Å²) < 4.78 is 1.83. The van der Waals surface area contributed by atoms with E-state index in [1.54, 1.807) is 0 Å². The molecular weight excluding hydrogens is 312 g/mol. The number of nitrogens with zero attached hydrogens (tertiary/aromatic N) is 4. The maximum absolute atomic E-state index is 4.80. The monoisotopic (exact) mass is 342 g/mol. The Morgan fingerprint density at radius 1 is 1.24 bits per heavy atom. The lowest BCUT2D eigenvalue weighted by Gasteiger charge is -2.23. The number of rotatable bonds is 7. The van der Waals surface area contributed by atoms with E-state index in [1.807, 2.05) is 30.2 Å². The van der Waals surface area contributed by atoms with Gasteiger partial charge in [0.2, 0.25) is 0 Å². The lowest BCUT2D eigenvalue weighted by molar-refractivity contribution is 0.306. The zero-order valence-corrected chi connectivity index (χ0v) is 15.9. The van der Waals surface area contributed by atoms with E-state index in [0.717, 1.165) is 12.5 Å². The second-order valence-corrected chi connectivity index (χ2v) is 6.42. The van der Waals surface area contributed by atoms with Gasteiger partial charge in [0.15, 0.2) is 5.96 Å². The molecule has 6 nitrogen and oxygen atoms in total. The van der Waals surface area contributed by atoms with Gasteiger partial charge in [0.1, 0.15) is 0 Å². The lowest BCUT2D eigenvalue weighted by Crippen LogP contribution is -2.39. The van der Waals surface area contributed by atoms with Crippen LogP contribution in [0.2, 0.25) is 0 Å². The van der Waals surface area contributed by atoms with Crippen LogP contribution in [0.3, 0.4) is 0 Å². The summed E-state index contributed by atoms with van der Waals surface area (Å²) in [6.07, 6.45) is 3.96. The maximum Gasteiger partial charge on any atom is 0.191 e. The third-order valence-corrected chi connectivity index (χ3v) is 4.15. The van der Waals surface area contributed by atoms with E-state index in [2.05, 4.69) is 72.8 Å². The summed E-state index contributed by atoms with van der Waals surface area (Å²) in [7, 11) is 6.08. The first kappa shape index (κ1) is 19.0. The van der Waals surface area contributed by atoms with Crippen molar-refractivity contribution in [2.75, 3.05) is 27.2 Å². The third kappa shape index (κ3) is 5.60. The van der Waals surface area contributed by atoms with Crippen molar-refractivity contribution in [2.45, 2.75) is 25.9 Å². The Hall–Kier alpha value is -2.34. The minimum Gasteiger partial charge on any atom is -0.357 e. The Morgan fingerprint density at radius 3 is 2.52 bits per heavy atom. The first-order chi connectivity index (χ1) is 12.0. The van der Waals surface area contributed by atoms with Gasteiger partial charge in [-0.25, -0.2) is 0 Å². The predicted octanol–water partition coefficient (Wildman–Crippen LogP) is 2.34. The van der Waals surface area contributed by atoms with Crippen molar-refractivity contribution in [1.82, 2.24) is 25.3 Å². The van der Waals surface area contributed by atoms with E-state index < -0.39 is 0 Å². The topological polar surface area (TPSA) is 57.5 Å². The summed E-state index contributed by atoms with van der Waals surface area (Å²) in [5, 5.41) is 11.1. The van der Waals surface area contributed by atoms with Crippen LogP contribution in [0.4, 0.5) is 0 Å². The van der Waals surface area contributed by atoms with Crippen LogP contribution < -0.4 is 10.6 Å². The number of benzene rings is 1. The van der Waals surface area contributed by atoms with Crippen molar-refractivity contribution >= 4 is 5.96 Å².